The molecule has 0 spiro atoms. The van der Waals surface area contributed by atoms with Crippen molar-refractivity contribution in [2.45, 2.75) is 33.6 Å². The molecule has 0 saturated heterocycles. The van der Waals surface area contributed by atoms with Crippen LogP contribution in [0.5, 0.6) is 5.75 Å². The Hall–Kier alpha value is -1.61. The van der Waals surface area contributed by atoms with Crippen molar-refractivity contribution >= 4 is 11.6 Å². The maximum Gasteiger partial charge on any atom is 0.161 e. The van der Waals surface area contributed by atoms with Crippen LogP contribution in [0, 0.1) is 6.92 Å². The summed E-state index contributed by atoms with van der Waals surface area (Å²) in [7, 11) is 0. The summed E-state index contributed by atoms with van der Waals surface area (Å²) in [6.07, 6.45) is 0. The topological polar surface area (TPSA) is 35.0 Å². The molecule has 106 valence electrons. The average molecular weight is 291 g/mol. The summed E-state index contributed by atoms with van der Waals surface area (Å²) < 4.78 is 5.50. The molecule has 1 aromatic heterocycles. The molecular weight excluding hydrogens is 272 g/mol. The lowest BCUT2D eigenvalue weighted by atomic mass is 10.0. The minimum atomic E-state index is 0.311. The van der Waals surface area contributed by atoms with Crippen LogP contribution in [-0.4, -0.2) is 16.6 Å². The Morgan fingerprint density at radius 2 is 2.00 bits per heavy atom. The van der Waals surface area contributed by atoms with Crippen LogP contribution in [0.2, 0.25) is 5.15 Å². The summed E-state index contributed by atoms with van der Waals surface area (Å²) in [6.45, 7) is 8.75. The van der Waals surface area contributed by atoms with E-state index in [1.165, 1.54) is 0 Å². The summed E-state index contributed by atoms with van der Waals surface area (Å²) in [4.78, 5) is 9.00. The van der Waals surface area contributed by atoms with E-state index >= 15 is 0 Å². The molecular formula is C16H19ClN2O. The van der Waals surface area contributed by atoms with Gasteiger partial charge >= 0.3 is 0 Å². The number of hydrogen-bond acceptors (Lipinski definition) is 3. The largest absolute Gasteiger partial charge is 0.494 e. The third-order valence-electron chi connectivity index (χ3n) is 3.07. The lowest BCUT2D eigenvalue weighted by Crippen LogP contribution is -2.02. The predicted molar refractivity (Wildman–Crippen MR) is 82.5 cm³/mol. The first kappa shape index (κ1) is 14.8. The Bertz CT molecular complexity index is 588. The molecule has 0 aliphatic carbocycles. The van der Waals surface area contributed by atoms with Crippen molar-refractivity contribution in [2.24, 2.45) is 0 Å². The Kier molecular flexibility index (Phi) is 4.61. The van der Waals surface area contributed by atoms with Crippen LogP contribution in [0.25, 0.3) is 11.4 Å². The molecule has 2 rings (SSSR count). The van der Waals surface area contributed by atoms with E-state index in [1.54, 1.807) is 0 Å². The predicted octanol–water partition coefficient (Wildman–Crippen LogP) is 4.63. The third kappa shape index (κ3) is 3.10. The standard InChI is InChI=1S/C16H19ClN2O/c1-5-20-13-8-6-7-12(9-13)16-18-11(4)14(10(2)3)15(17)19-16/h6-10H,5H2,1-4H3. The second kappa shape index (κ2) is 6.23. The maximum atomic E-state index is 6.30. The number of ether oxygens (including phenoxy) is 1. The quantitative estimate of drug-likeness (QED) is 0.770. The lowest BCUT2D eigenvalue weighted by molar-refractivity contribution is 0.340. The summed E-state index contributed by atoms with van der Waals surface area (Å²) in [5, 5.41) is 0.532. The number of aromatic nitrogens is 2. The van der Waals surface area contributed by atoms with Gasteiger partial charge in [0.1, 0.15) is 10.9 Å². The monoisotopic (exact) mass is 290 g/mol. The van der Waals surface area contributed by atoms with Crippen LogP contribution in [-0.2, 0) is 0 Å². The Morgan fingerprint density at radius 1 is 1.25 bits per heavy atom. The third-order valence-corrected chi connectivity index (χ3v) is 3.36. The van der Waals surface area contributed by atoms with Crippen LogP contribution in [0.1, 0.15) is 37.9 Å². The van der Waals surface area contributed by atoms with E-state index in [0.717, 1.165) is 22.6 Å². The second-order valence-electron chi connectivity index (χ2n) is 4.95. The van der Waals surface area contributed by atoms with Crippen molar-refractivity contribution in [2.75, 3.05) is 6.61 Å². The SMILES string of the molecule is CCOc1cccc(-c2nc(C)c(C(C)C)c(Cl)n2)c1. The van der Waals surface area contributed by atoms with Gasteiger partial charge in [-0.05, 0) is 31.9 Å². The molecule has 0 fully saturated rings. The Labute approximate surface area is 125 Å². The first-order chi connectivity index (χ1) is 9.52. The molecule has 2 aromatic rings. The van der Waals surface area contributed by atoms with E-state index in [0.29, 0.717) is 23.5 Å². The molecule has 0 bridgehead atoms. The Morgan fingerprint density at radius 3 is 2.60 bits per heavy atom. The van der Waals surface area contributed by atoms with Crippen molar-refractivity contribution in [1.82, 2.24) is 9.97 Å². The van der Waals surface area contributed by atoms with E-state index < -0.39 is 0 Å². The maximum absolute atomic E-state index is 6.30. The zero-order valence-electron chi connectivity index (χ0n) is 12.3. The summed E-state index contributed by atoms with van der Waals surface area (Å²) >= 11 is 6.30. The number of aryl methyl sites for hydroxylation is 1. The molecule has 20 heavy (non-hydrogen) atoms. The van der Waals surface area contributed by atoms with Crippen molar-refractivity contribution < 1.29 is 4.74 Å². The number of nitrogens with zero attached hydrogens (tertiary/aromatic N) is 2. The van der Waals surface area contributed by atoms with Crippen molar-refractivity contribution in [1.29, 1.82) is 0 Å². The average Bonchev–Trinajstić information content (AvgIpc) is 2.38. The molecule has 0 atom stereocenters. The first-order valence-corrected chi connectivity index (χ1v) is 7.18. The molecule has 0 unspecified atom stereocenters. The highest BCUT2D eigenvalue weighted by atomic mass is 35.5. The van der Waals surface area contributed by atoms with Gasteiger partial charge in [0.15, 0.2) is 5.82 Å². The summed E-state index contributed by atoms with van der Waals surface area (Å²) in [5.74, 6) is 1.76. The van der Waals surface area contributed by atoms with Crippen molar-refractivity contribution in [3.63, 3.8) is 0 Å². The fourth-order valence-electron chi connectivity index (χ4n) is 2.22. The number of rotatable bonds is 4. The molecule has 3 nitrogen and oxygen atoms in total. The van der Waals surface area contributed by atoms with Gasteiger partial charge in [0.25, 0.3) is 0 Å². The zero-order valence-corrected chi connectivity index (χ0v) is 13.0. The van der Waals surface area contributed by atoms with Crippen LogP contribution in [0.3, 0.4) is 0 Å². The molecule has 0 N–H and O–H groups in total. The van der Waals surface area contributed by atoms with Crippen LogP contribution >= 0.6 is 11.6 Å². The van der Waals surface area contributed by atoms with Crippen LogP contribution in [0.15, 0.2) is 24.3 Å². The molecule has 0 aliphatic heterocycles. The number of halogens is 1. The first-order valence-electron chi connectivity index (χ1n) is 6.80. The van der Waals surface area contributed by atoms with E-state index in [4.69, 9.17) is 16.3 Å². The molecule has 0 saturated carbocycles. The summed E-state index contributed by atoms with van der Waals surface area (Å²) in [6, 6.07) is 7.75. The van der Waals surface area contributed by atoms with Crippen molar-refractivity contribution in [3.05, 3.63) is 40.7 Å². The van der Waals surface area contributed by atoms with E-state index in [1.807, 2.05) is 38.1 Å². The highest BCUT2D eigenvalue weighted by Crippen LogP contribution is 2.28. The van der Waals surface area contributed by atoms with Gasteiger partial charge in [-0.2, -0.15) is 0 Å². The molecule has 0 amide bonds. The van der Waals surface area contributed by atoms with Gasteiger partial charge in [0.05, 0.1) is 6.61 Å². The fourth-order valence-corrected chi connectivity index (χ4v) is 2.66. The number of hydrogen-bond donors (Lipinski definition) is 0. The fraction of sp³-hybridized carbons (Fsp3) is 0.375. The normalized spacial score (nSPS) is 10.9. The number of benzene rings is 1. The van der Waals surface area contributed by atoms with Gasteiger partial charge in [0, 0.05) is 16.8 Å². The van der Waals surface area contributed by atoms with Gasteiger partial charge in [-0.3, -0.25) is 0 Å². The highest BCUT2D eigenvalue weighted by molar-refractivity contribution is 6.30. The minimum absolute atomic E-state index is 0.311. The van der Waals surface area contributed by atoms with E-state index in [-0.39, 0.29) is 0 Å². The van der Waals surface area contributed by atoms with Crippen LogP contribution < -0.4 is 4.74 Å². The smallest absolute Gasteiger partial charge is 0.161 e. The van der Waals surface area contributed by atoms with Gasteiger partial charge in [-0.1, -0.05) is 37.6 Å². The highest BCUT2D eigenvalue weighted by Gasteiger charge is 2.14. The van der Waals surface area contributed by atoms with Crippen molar-refractivity contribution in [3.8, 4) is 17.1 Å². The molecule has 0 aliphatic rings. The zero-order chi connectivity index (χ0) is 14.7. The van der Waals surface area contributed by atoms with E-state index in [9.17, 15) is 0 Å². The van der Waals surface area contributed by atoms with E-state index in [2.05, 4.69) is 23.8 Å². The molecule has 4 heteroatoms. The molecule has 1 heterocycles. The minimum Gasteiger partial charge on any atom is -0.494 e. The van der Waals surface area contributed by atoms with Gasteiger partial charge in [-0.25, -0.2) is 9.97 Å². The van der Waals surface area contributed by atoms with Gasteiger partial charge < -0.3 is 4.74 Å². The van der Waals surface area contributed by atoms with Gasteiger partial charge in [0.2, 0.25) is 0 Å². The second-order valence-corrected chi connectivity index (χ2v) is 5.31. The Balaban J connectivity index is 2.46. The lowest BCUT2D eigenvalue weighted by Gasteiger charge is -2.12. The van der Waals surface area contributed by atoms with Gasteiger partial charge in [-0.15, -0.1) is 0 Å². The summed E-state index contributed by atoms with van der Waals surface area (Å²) in [5.41, 5.74) is 2.85. The molecule has 1 aromatic carbocycles. The molecule has 0 radical (unpaired) electrons. The van der Waals surface area contributed by atoms with Crippen LogP contribution in [0.4, 0.5) is 0 Å².